The number of aliphatic carboxylic acids is 1. The van der Waals surface area contributed by atoms with Crippen molar-refractivity contribution in [2.45, 2.75) is 62.7 Å². The van der Waals surface area contributed by atoms with Crippen molar-refractivity contribution in [3.63, 3.8) is 0 Å². The van der Waals surface area contributed by atoms with Gasteiger partial charge in [0.25, 0.3) is 0 Å². The summed E-state index contributed by atoms with van der Waals surface area (Å²) in [5.41, 5.74) is 18.8. The first-order chi connectivity index (χ1) is 21.0. The molecule has 14 heteroatoms. The number of amides is 4. The number of carbonyl (C=O) groups excluding carboxylic acids is 4. The molecule has 0 saturated heterocycles. The first-order valence-electron chi connectivity index (χ1n) is 14.2. The highest BCUT2D eigenvalue weighted by molar-refractivity contribution is 5.95. The van der Waals surface area contributed by atoms with E-state index in [1.807, 2.05) is 18.2 Å². The van der Waals surface area contributed by atoms with E-state index in [9.17, 15) is 34.2 Å². The molecule has 14 nitrogen and oxygen atoms in total. The Labute approximate surface area is 253 Å². The van der Waals surface area contributed by atoms with Crippen molar-refractivity contribution in [3.05, 3.63) is 65.9 Å². The number of aromatic hydroxyl groups is 1. The van der Waals surface area contributed by atoms with Crippen LogP contribution in [-0.2, 0) is 36.8 Å². The molecular formula is C30H39N7O7. The van der Waals surface area contributed by atoms with Gasteiger partial charge in [-0.05, 0) is 48.7 Å². The number of aromatic nitrogens is 1. The molecule has 0 aliphatic heterocycles. The molecular weight excluding hydrogens is 570 g/mol. The van der Waals surface area contributed by atoms with E-state index in [4.69, 9.17) is 17.2 Å². The van der Waals surface area contributed by atoms with Gasteiger partial charge in [-0.25, -0.2) is 4.79 Å². The summed E-state index contributed by atoms with van der Waals surface area (Å²) in [4.78, 5) is 66.4. The van der Waals surface area contributed by atoms with Gasteiger partial charge in [0.2, 0.25) is 23.6 Å². The topological polar surface area (TPSA) is 256 Å². The van der Waals surface area contributed by atoms with Crippen LogP contribution in [0.1, 0.15) is 36.8 Å². The number of nitrogens with two attached hydrogens (primary N) is 3. The molecule has 0 radical (unpaired) electrons. The molecule has 0 spiro atoms. The van der Waals surface area contributed by atoms with Crippen LogP contribution in [0, 0.1) is 0 Å². The third-order valence-corrected chi connectivity index (χ3v) is 7.07. The van der Waals surface area contributed by atoms with Crippen LogP contribution in [0.15, 0.2) is 54.7 Å². The molecule has 2 aromatic carbocycles. The summed E-state index contributed by atoms with van der Waals surface area (Å²) >= 11 is 0. The minimum absolute atomic E-state index is 0.00573. The summed E-state index contributed by atoms with van der Waals surface area (Å²) in [5.74, 6) is -4.58. The minimum Gasteiger partial charge on any atom is -0.508 e. The van der Waals surface area contributed by atoms with Crippen molar-refractivity contribution < 1.29 is 34.2 Å². The molecule has 3 aromatic rings. The molecule has 4 unspecified atom stereocenters. The maximum atomic E-state index is 13.7. The molecule has 0 fully saturated rings. The second-order valence-corrected chi connectivity index (χ2v) is 10.5. The van der Waals surface area contributed by atoms with Crippen molar-refractivity contribution in [2.24, 2.45) is 17.2 Å². The van der Waals surface area contributed by atoms with Gasteiger partial charge in [0, 0.05) is 29.9 Å². The lowest BCUT2D eigenvalue weighted by Crippen LogP contribution is -2.58. The number of unbranched alkanes of at least 4 members (excludes halogenated alkanes) is 1. The summed E-state index contributed by atoms with van der Waals surface area (Å²) < 4.78 is 0. The Morgan fingerprint density at radius 1 is 0.818 bits per heavy atom. The van der Waals surface area contributed by atoms with E-state index in [1.54, 1.807) is 24.4 Å². The summed E-state index contributed by atoms with van der Waals surface area (Å²) in [6, 6.07) is 8.29. The SMILES string of the molecule is NCCCCC(N)C(=O)NC(Cc1ccc(O)cc1)C(=O)NC(Cc1c[nH]c2ccccc12)C(=O)NC(CC(N)=O)C(=O)O. The Balaban J connectivity index is 1.89. The lowest BCUT2D eigenvalue weighted by molar-refractivity contribution is -0.143. The Bertz CT molecular complexity index is 1460. The zero-order chi connectivity index (χ0) is 32.2. The predicted molar refractivity (Wildman–Crippen MR) is 162 cm³/mol. The fourth-order valence-corrected chi connectivity index (χ4v) is 4.67. The van der Waals surface area contributed by atoms with Crippen LogP contribution < -0.4 is 33.2 Å². The fraction of sp³-hybridized carbons (Fsp3) is 0.367. The Morgan fingerprint density at radius 3 is 2.07 bits per heavy atom. The summed E-state index contributed by atoms with van der Waals surface area (Å²) in [6.07, 6.45) is 2.59. The van der Waals surface area contributed by atoms with Crippen LogP contribution >= 0.6 is 0 Å². The summed E-state index contributed by atoms with van der Waals surface area (Å²) in [7, 11) is 0. The normalized spacial score (nSPS) is 13.8. The fourth-order valence-electron chi connectivity index (χ4n) is 4.67. The van der Waals surface area contributed by atoms with Crippen LogP contribution in [-0.4, -0.2) is 75.5 Å². The number of carboxylic acid groups (broad SMARTS) is 1. The molecule has 0 aliphatic carbocycles. The number of para-hydroxylation sites is 1. The number of primary amides is 1. The van der Waals surface area contributed by atoms with Gasteiger partial charge in [-0.1, -0.05) is 36.8 Å². The molecule has 1 aromatic heterocycles. The lowest BCUT2D eigenvalue weighted by atomic mass is 10.0. The van der Waals surface area contributed by atoms with Crippen LogP contribution in [0.5, 0.6) is 5.75 Å². The Hall–Kier alpha value is -4.95. The van der Waals surface area contributed by atoms with E-state index in [-0.39, 0.29) is 18.6 Å². The Kier molecular flexibility index (Phi) is 12.2. The molecule has 236 valence electrons. The van der Waals surface area contributed by atoms with E-state index in [1.165, 1.54) is 12.1 Å². The first kappa shape index (κ1) is 33.6. The van der Waals surface area contributed by atoms with Crippen LogP contribution in [0.3, 0.4) is 0 Å². The Morgan fingerprint density at radius 2 is 1.43 bits per heavy atom. The number of H-pyrrole nitrogens is 1. The molecule has 44 heavy (non-hydrogen) atoms. The number of nitrogens with one attached hydrogen (secondary N) is 4. The average molecular weight is 610 g/mol. The number of benzene rings is 2. The maximum Gasteiger partial charge on any atom is 0.326 e. The standard InChI is InChI=1S/C30H39N7O7/c31-12-4-3-6-21(32)27(40)35-23(13-17-8-10-19(38)11-9-17)28(41)36-24(29(42)37-25(30(43)44)15-26(33)39)14-18-16-34-22-7-2-1-5-20(18)22/h1-2,5,7-11,16,21,23-25,34,38H,3-4,6,12-15,31-32H2,(H2,33,39)(H,35,40)(H,36,41)(H,37,42)(H,43,44). The molecule has 4 atom stereocenters. The lowest BCUT2D eigenvalue weighted by Gasteiger charge is -2.25. The smallest absolute Gasteiger partial charge is 0.326 e. The summed E-state index contributed by atoms with van der Waals surface area (Å²) in [6.45, 7) is 0.447. The first-order valence-corrected chi connectivity index (χ1v) is 14.2. The van der Waals surface area contributed by atoms with E-state index in [2.05, 4.69) is 20.9 Å². The quantitative estimate of drug-likeness (QED) is 0.0895. The second-order valence-electron chi connectivity index (χ2n) is 10.5. The van der Waals surface area contributed by atoms with Crippen molar-refractivity contribution in [3.8, 4) is 5.75 Å². The molecule has 0 aliphatic rings. The average Bonchev–Trinajstić information content (AvgIpc) is 3.39. The van der Waals surface area contributed by atoms with Gasteiger partial charge >= 0.3 is 5.97 Å². The van der Waals surface area contributed by atoms with Crippen LogP contribution in [0.2, 0.25) is 0 Å². The number of phenols is 1. The van der Waals surface area contributed by atoms with E-state index in [0.717, 1.165) is 10.9 Å². The van der Waals surface area contributed by atoms with Crippen molar-refractivity contribution in [1.82, 2.24) is 20.9 Å². The van der Waals surface area contributed by atoms with Crippen LogP contribution in [0.25, 0.3) is 10.9 Å². The third-order valence-electron chi connectivity index (χ3n) is 7.07. The van der Waals surface area contributed by atoms with Gasteiger partial charge in [-0.2, -0.15) is 0 Å². The second kappa shape index (κ2) is 16.0. The molecule has 4 amide bonds. The van der Waals surface area contributed by atoms with Gasteiger partial charge in [-0.3, -0.25) is 19.2 Å². The maximum absolute atomic E-state index is 13.7. The highest BCUT2D eigenvalue weighted by Gasteiger charge is 2.31. The van der Waals surface area contributed by atoms with Crippen molar-refractivity contribution >= 4 is 40.5 Å². The highest BCUT2D eigenvalue weighted by Crippen LogP contribution is 2.20. The van der Waals surface area contributed by atoms with E-state index < -0.39 is 60.2 Å². The van der Waals surface area contributed by atoms with Gasteiger partial charge < -0.3 is 48.3 Å². The monoisotopic (exact) mass is 609 g/mol. The largest absolute Gasteiger partial charge is 0.508 e. The number of carbonyl (C=O) groups is 5. The molecule has 0 saturated carbocycles. The summed E-state index contributed by atoms with van der Waals surface area (Å²) in [5, 5.41) is 27.6. The zero-order valence-electron chi connectivity index (χ0n) is 24.1. The van der Waals surface area contributed by atoms with Crippen LogP contribution in [0.4, 0.5) is 0 Å². The zero-order valence-corrected chi connectivity index (χ0v) is 24.1. The number of phenolic OH excluding ortho intramolecular Hbond substituents is 1. The number of hydrogen-bond donors (Lipinski definition) is 9. The number of fused-ring (bicyclic) bond motifs is 1. The predicted octanol–water partition coefficient (Wildman–Crippen LogP) is -0.471. The van der Waals surface area contributed by atoms with Crippen molar-refractivity contribution in [1.29, 1.82) is 0 Å². The molecule has 0 bridgehead atoms. The van der Waals surface area contributed by atoms with Gasteiger partial charge in [0.15, 0.2) is 0 Å². The minimum atomic E-state index is -1.62. The molecule has 12 N–H and O–H groups in total. The van der Waals surface area contributed by atoms with Gasteiger partial charge in [-0.15, -0.1) is 0 Å². The molecule has 1 heterocycles. The van der Waals surface area contributed by atoms with E-state index >= 15 is 0 Å². The third kappa shape index (κ3) is 9.81. The van der Waals surface area contributed by atoms with E-state index in [0.29, 0.717) is 36.9 Å². The number of carboxylic acids is 1. The number of rotatable bonds is 17. The molecule has 3 rings (SSSR count). The number of hydrogen-bond acceptors (Lipinski definition) is 8. The number of aromatic amines is 1. The van der Waals surface area contributed by atoms with Gasteiger partial charge in [0.05, 0.1) is 12.5 Å². The van der Waals surface area contributed by atoms with Crippen molar-refractivity contribution in [2.75, 3.05) is 6.54 Å². The highest BCUT2D eigenvalue weighted by atomic mass is 16.4. The van der Waals surface area contributed by atoms with Gasteiger partial charge in [0.1, 0.15) is 23.9 Å².